The van der Waals surface area contributed by atoms with Crippen LogP contribution in [-0.2, 0) is 11.4 Å². The number of rotatable bonds is 10. The summed E-state index contributed by atoms with van der Waals surface area (Å²) in [6.45, 7) is 4.86. The number of carbonyl (C=O) groups excluding carboxylic acids is 1. The van der Waals surface area contributed by atoms with Crippen LogP contribution in [0.15, 0.2) is 48.9 Å². The second-order valence-corrected chi connectivity index (χ2v) is 9.91. The molecule has 200 valence electrons. The van der Waals surface area contributed by atoms with Gasteiger partial charge in [-0.25, -0.2) is 0 Å². The molecule has 0 saturated heterocycles. The van der Waals surface area contributed by atoms with Crippen molar-refractivity contribution >= 4 is 45.5 Å². The molecule has 4 aromatic rings. The van der Waals surface area contributed by atoms with Gasteiger partial charge in [-0.15, -0.1) is 0 Å². The SMILES string of the molecule is Cc1cnc(COc2ccc(Nc3c(C#N)cnc4cc(C)c(NC(=O)CCCN(C)C)cc34)cc2Cl)cn1. The average Bonchev–Trinajstić information content (AvgIpc) is 2.90. The van der Waals surface area contributed by atoms with Gasteiger partial charge >= 0.3 is 0 Å². The summed E-state index contributed by atoms with van der Waals surface area (Å²) in [7, 11) is 3.96. The number of anilines is 3. The van der Waals surface area contributed by atoms with Gasteiger partial charge in [-0.2, -0.15) is 5.26 Å². The number of nitriles is 1. The number of nitrogens with one attached hydrogen (secondary N) is 2. The summed E-state index contributed by atoms with van der Waals surface area (Å²) in [5.41, 5.74) is 5.39. The monoisotopic (exact) mass is 543 g/mol. The number of carbonyl (C=O) groups is 1. The molecule has 2 N–H and O–H groups in total. The van der Waals surface area contributed by atoms with Crippen LogP contribution >= 0.6 is 11.6 Å². The lowest BCUT2D eigenvalue weighted by molar-refractivity contribution is -0.116. The molecule has 10 heteroatoms. The molecule has 0 saturated carbocycles. The van der Waals surface area contributed by atoms with Crippen LogP contribution in [0.3, 0.4) is 0 Å². The molecule has 2 aromatic carbocycles. The Hall–Kier alpha value is -4.26. The first-order valence-corrected chi connectivity index (χ1v) is 12.9. The molecule has 1 amide bonds. The quantitative estimate of drug-likeness (QED) is 0.259. The van der Waals surface area contributed by atoms with Gasteiger partial charge in [-0.3, -0.25) is 19.7 Å². The second-order valence-electron chi connectivity index (χ2n) is 9.51. The third-order valence-electron chi connectivity index (χ3n) is 6.03. The number of amides is 1. The minimum absolute atomic E-state index is 0.0582. The van der Waals surface area contributed by atoms with Gasteiger partial charge in [0.15, 0.2) is 0 Å². The Balaban J connectivity index is 1.57. The second kappa shape index (κ2) is 12.5. The maximum atomic E-state index is 12.6. The van der Waals surface area contributed by atoms with Gasteiger partial charge in [0, 0.05) is 35.6 Å². The Bertz CT molecular complexity index is 1530. The highest BCUT2D eigenvalue weighted by Gasteiger charge is 2.14. The Labute approximate surface area is 232 Å². The van der Waals surface area contributed by atoms with E-state index >= 15 is 0 Å². The highest BCUT2D eigenvalue weighted by atomic mass is 35.5. The number of benzene rings is 2. The van der Waals surface area contributed by atoms with E-state index in [0.717, 1.165) is 24.2 Å². The van der Waals surface area contributed by atoms with E-state index < -0.39 is 0 Å². The molecule has 0 spiro atoms. The Morgan fingerprint density at radius 2 is 1.92 bits per heavy atom. The molecule has 0 radical (unpaired) electrons. The third kappa shape index (κ3) is 7.19. The van der Waals surface area contributed by atoms with Crippen molar-refractivity contribution in [3.8, 4) is 11.8 Å². The van der Waals surface area contributed by atoms with Gasteiger partial charge in [0.25, 0.3) is 0 Å². The number of halogens is 1. The molecular formula is C29H30ClN7O2. The van der Waals surface area contributed by atoms with E-state index in [9.17, 15) is 10.1 Å². The van der Waals surface area contributed by atoms with Gasteiger partial charge in [0.1, 0.15) is 18.4 Å². The number of nitrogens with zero attached hydrogens (tertiary/aromatic N) is 5. The predicted molar refractivity (Wildman–Crippen MR) is 153 cm³/mol. The van der Waals surface area contributed by atoms with Crippen LogP contribution in [-0.4, -0.2) is 46.4 Å². The van der Waals surface area contributed by atoms with Crippen molar-refractivity contribution in [1.29, 1.82) is 5.26 Å². The molecule has 2 heterocycles. The van der Waals surface area contributed by atoms with Crippen molar-refractivity contribution in [1.82, 2.24) is 19.9 Å². The van der Waals surface area contributed by atoms with E-state index in [1.165, 1.54) is 6.20 Å². The minimum Gasteiger partial charge on any atom is -0.486 e. The topological polar surface area (TPSA) is 116 Å². The van der Waals surface area contributed by atoms with Gasteiger partial charge in [-0.1, -0.05) is 11.6 Å². The molecule has 0 aliphatic heterocycles. The predicted octanol–water partition coefficient (Wildman–Crippen LogP) is 5.77. The smallest absolute Gasteiger partial charge is 0.224 e. The number of hydrogen-bond donors (Lipinski definition) is 2. The molecule has 0 aliphatic carbocycles. The first kappa shape index (κ1) is 27.8. The number of aryl methyl sites for hydroxylation is 2. The van der Waals surface area contributed by atoms with Crippen LogP contribution in [0.25, 0.3) is 10.9 Å². The lowest BCUT2D eigenvalue weighted by Gasteiger charge is -2.16. The largest absolute Gasteiger partial charge is 0.486 e. The zero-order valence-corrected chi connectivity index (χ0v) is 23.1. The molecule has 39 heavy (non-hydrogen) atoms. The van der Waals surface area contributed by atoms with Gasteiger partial charge in [0.2, 0.25) is 5.91 Å². The van der Waals surface area contributed by atoms with Crippen LogP contribution in [0.2, 0.25) is 5.02 Å². The van der Waals surface area contributed by atoms with Crippen molar-refractivity contribution in [3.05, 3.63) is 76.5 Å². The number of ether oxygens (including phenoxy) is 1. The summed E-state index contributed by atoms with van der Waals surface area (Å²) < 4.78 is 5.82. The molecule has 0 bridgehead atoms. The van der Waals surface area contributed by atoms with Crippen LogP contribution < -0.4 is 15.4 Å². The van der Waals surface area contributed by atoms with E-state index in [1.54, 1.807) is 24.5 Å². The number of pyridine rings is 1. The molecule has 0 atom stereocenters. The number of aromatic nitrogens is 3. The van der Waals surface area contributed by atoms with Crippen LogP contribution in [0, 0.1) is 25.2 Å². The average molecular weight is 544 g/mol. The van der Waals surface area contributed by atoms with E-state index in [1.807, 2.05) is 51.0 Å². The van der Waals surface area contributed by atoms with Crippen molar-refractivity contribution in [2.75, 3.05) is 31.3 Å². The maximum absolute atomic E-state index is 12.6. The zero-order chi connectivity index (χ0) is 27.9. The lowest BCUT2D eigenvalue weighted by atomic mass is 10.0. The Morgan fingerprint density at radius 3 is 2.62 bits per heavy atom. The fourth-order valence-electron chi connectivity index (χ4n) is 3.95. The molecular weight excluding hydrogens is 514 g/mol. The van der Waals surface area contributed by atoms with Crippen molar-refractivity contribution in [2.45, 2.75) is 33.3 Å². The standard InChI is InChI=1S/C29H30ClN7O2/c1-18-10-26-23(12-25(18)36-28(38)6-5-9-37(3)4)29(20(13-31)15-34-26)35-21-7-8-27(24(30)11-21)39-17-22-16-32-19(2)14-33-22/h7-8,10-12,14-16H,5-6,9,17H2,1-4H3,(H,34,35)(H,36,38). The van der Waals surface area contributed by atoms with Gasteiger partial charge in [0.05, 0.1) is 39.4 Å². The maximum Gasteiger partial charge on any atom is 0.224 e. The minimum atomic E-state index is -0.0582. The number of fused-ring (bicyclic) bond motifs is 1. The summed E-state index contributed by atoms with van der Waals surface area (Å²) in [6, 6.07) is 11.3. The van der Waals surface area contributed by atoms with Crippen molar-refractivity contribution < 1.29 is 9.53 Å². The molecule has 2 aromatic heterocycles. The molecule has 0 aliphatic rings. The van der Waals surface area contributed by atoms with E-state index in [-0.39, 0.29) is 12.5 Å². The fourth-order valence-corrected chi connectivity index (χ4v) is 4.19. The summed E-state index contributed by atoms with van der Waals surface area (Å²) in [4.78, 5) is 27.6. The molecule has 0 unspecified atom stereocenters. The molecule has 0 fully saturated rings. The van der Waals surface area contributed by atoms with Crippen molar-refractivity contribution in [2.24, 2.45) is 0 Å². The fraction of sp³-hybridized carbons (Fsp3) is 0.276. The van der Waals surface area contributed by atoms with Gasteiger partial charge < -0.3 is 20.3 Å². The highest BCUT2D eigenvalue weighted by molar-refractivity contribution is 6.32. The van der Waals surface area contributed by atoms with Crippen LogP contribution in [0.5, 0.6) is 5.75 Å². The normalized spacial score (nSPS) is 10.9. The summed E-state index contributed by atoms with van der Waals surface area (Å²) in [5, 5.41) is 17.2. The summed E-state index contributed by atoms with van der Waals surface area (Å²) in [5.74, 6) is 0.441. The van der Waals surface area contributed by atoms with Crippen LogP contribution in [0.1, 0.15) is 35.4 Å². The summed E-state index contributed by atoms with van der Waals surface area (Å²) >= 11 is 6.51. The lowest BCUT2D eigenvalue weighted by Crippen LogP contribution is -2.17. The Morgan fingerprint density at radius 1 is 1.10 bits per heavy atom. The highest BCUT2D eigenvalue weighted by Crippen LogP contribution is 2.35. The number of hydrogen-bond acceptors (Lipinski definition) is 8. The summed E-state index contributed by atoms with van der Waals surface area (Å²) in [6.07, 6.45) is 6.06. The zero-order valence-electron chi connectivity index (χ0n) is 22.4. The van der Waals surface area contributed by atoms with E-state index in [2.05, 4.69) is 31.7 Å². The Kier molecular flexibility index (Phi) is 8.92. The first-order chi connectivity index (χ1) is 18.7. The van der Waals surface area contributed by atoms with E-state index in [0.29, 0.717) is 56.4 Å². The van der Waals surface area contributed by atoms with Crippen LogP contribution in [0.4, 0.5) is 17.1 Å². The van der Waals surface area contributed by atoms with E-state index in [4.69, 9.17) is 16.3 Å². The molecule has 4 rings (SSSR count). The van der Waals surface area contributed by atoms with Gasteiger partial charge in [-0.05, 0) is 76.8 Å². The van der Waals surface area contributed by atoms with Crippen molar-refractivity contribution in [3.63, 3.8) is 0 Å². The molecule has 9 nitrogen and oxygen atoms in total. The first-order valence-electron chi connectivity index (χ1n) is 12.5. The third-order valence-corrected chi connectivity index (χ3v) is 6.32.